The van der Waals surface area contributed by atoms with Crippen molar-refractivity contribution in [2.45, 2.75) is 20.0 Å². The van der Waals surface area contributed by atoms with E-state index in [2.05, 4.69) is 28.9 Å². The SMILES string of the molecule is CCn1cccc1CNc1c(C#N)cccc1OC. The third kappa shape index (κ3) is 2.71. The van der Waals surface area contributed by atoms with Crippen LogP contribution in [0, 0.1) is 11.3 Å². The maximum absolute atomic E-state index is 9.15. The van der Waals surface area contributed by atoms with Gasteiger partial charge in [-0.15, -0.1) is 0 Å². The molecule has 0 aliphatic heterocycles. The molecule has 0 aliphatic carbocycles. The molecule has 4 heteroatoms. The molecule has 0 saturated heterocycles. The number of nitrogens with zero attached hydrogens (tertiary/aromatic N) is 2. The van der Waals surface area contributed by atoms with Gasteiger partial charge < -0.3 is 14.6 Å². The maximum Gasteiger partial charge on any atom is 0.143 e. The molecule has 2 rings (SSSR count). The molecule has 0 radical (unpaired) electrons. The van der Waals surface area contributed by atoms with Crippen molar-refractivity contribution in [3.63, 3.8) is 0 Å². The smallest absolute Gasteiger partial charge is 0.143 e. The monoisotopic (exact) mass is 255 g/mol. The Balaban J connectivity index is 2.22. The molecule has 0 atom stereocenters. The first-order valence-electron chi connectivity index (χ1n) is 6.25. The number of para-hydroxylation sites is 1. The lowest BCUT2D eigenvalue weighted by Crippen LogP contribution is -2.07. The molecule has 4 nitrogen and oxygen atoms in total. The summed E-state index contributed by atoms with van der Waals surface area (Å²) in [6.07, 6.45) is 2.05. The van der Waals surface area contributed by atoms with Gasteiger partial charge in [0.05, 0.1) is 24.9 Å². The van der Waals surface area contributed by atoms with Crippen LogP contribution in [0.5, 0.6) is 5.75 Å². The van der Waals surface area contributed by atoms with Crippen LogP contribution in [0.15, 0.2) is 36.5 Å². The molecule has 0 unspecified atom stereocenters. The fourth-order valence-corrected chi connectivity index (χ4v) is 2.07. The average Bonchev–Trinajstić information content (AvgIpc) is 2.91. The summed E-state index contributed by atoms with van der Waals surface area (Å²) in [6, 6.07) is 11.7. The van der Waals surface area contributed by atoms with Crippen molar-refractivity contribution in [3.05, 3.63) is 47.8 Å². The van der Waals surface area contributed by atoms with Crippen molar-refractivity contribution >= 4 is 5.69 Å². The van der Waals surface area contributed by atoms with Crippen LogP contribution < -0.4 is 10.1 Å². The molecule has 0 aliphatic rings. The molecule has 1 N–H and O–H groups in total. The van der Waals surface area contributed by atoms with Gasteiger partial charge in [-0.25, -0.2) is 0 Å². The Bertz CT molecular complexity index is 596. The Morgan fingerprint density at radius 1 is 1.32 bits per heavy atom. The van der Waals surface area contributed by atoms with Gasteiger partial charge in [0.1, 0.15) is 11.8 Å². The second-order valence-corrected chi connectivity index (χ2v) is 4.13. The van der Waals surface area contributed by atoms with Gasteiger partial charge in [-0.3, -0.25) is 0 Å². The van der Waals surface area contributed by atoms with E-state index in [1.807, 2.05) is 24.4 Å². The van der Waals surface area contributed by atoms with Gasteiger partial charge in [-0.1, -0.05) is 6.07 Å². The maximum atomic E-state index is 9.15. The number of nitrogens with one attached hydrogen (secondary N) is 1. The third-order valence-electron chi connectivity index (χ3n) is 3.08. The van der Waals surface area contributed by atoms with Crippen molar-refractivity contribution in [1.29, 1.82) is 5.26 Å². The summed E-state index contributed by atoms with van der Waals surface area (Å²) in [6.45, 7) is 3.70. The van der Waals surface area contributed by atoms with Gasteiger partial charge in [-0.05, 0) is 31.2 Å². The average molecular weight is 255 g/mol. The second kappa shape index (κ2) is 5.96. The van der Waals surface area contributed by atoms with Gasteiger partial charge in [0.2, 0.25) is 0 Å². The van der Waals surface area contributed by atoms with E-state index in [4.69, 9.17) is 10.00 Å². The van der Waals surface area contributed by atoms with Gasteiger partial charge in [0, 0.05) is 18.4 Å². The van der Waals surface area contributed by atoms with Crippen LogP contribution in [0.2, 0.25) is 0 Å². The molecule has 0 fully saturated rings. The van der Waals surface area contributed by atoms with E-state index in [0.717, 1.165) is 12.2 Å². The van der Waals surface area contributed by atoms with Crippen LogP contribution in [0.1, 0.15) is 18.2 Å². The highest BCUT2D eigenvalue weighted by atomic mass is 16.5. The summed E-state index contributed by atoms with van der Waals surface area (Å²) in [4.78, 5) is 0. The van der Waals surface area contributed by atoms with E-state index in [0.29, 0.717) is 17.9 Å². The Morgan fingerprint density at radius 3 is 2.84 bits per heavy atom. The van der Waals surface area contributed by atoms with Gasteiger partial charge in [-0.2, -0.15) is 5.26 Å². The lowest BCUT2D eigenvalue weighted by molar-refractivity contribution is 0.416. The number of benzene rings is 1. The van der Waals surface area contributed by atoms with E-state index < -0.39 is 0 Å². The Kier molecular flexibility index (Phi) is 4.09. The van der Waals surface area contributed by atoms with Crippen LogP contribution in [0.3, 0.4) is 0 Å². The molecule has 1 aromatic heterocycles. The van der Waals surface area contributed by atoms with E-state index >= 15 is 0 Å². The minimum Gasteiger partial charge on any atom is -0.495 e. The second-order valence-electron chi connectivity index (χ2n) is 4.13. The first-order chi connectivity index (χ1) is 9.30. The molecule has 19 heavy (non-hydrogen) atoms. The normalized spacial score (nSPS) is 9.95. The number of aromatic nitrogens is 1. The van der Waals surface area contributed by atoms with E-state index in [-0.39, 0.29) is 0 Å². The number of aryl methyl sites for hydroxylation is 1. The van der Waals surface area contributed by atoms with Crippen molar-refractivity contribution < 1.29 is 4.74 Å². The van der Waals surface area contributed by atoms with Crippen molar-refractivity contribution in [2.24, 2.45) is 0 Å². The zero-order chi connectivity index (χ0) is 13.7. The highest BCUT2D eigenvalue weighted by Crippen LogP contribution is 2.28. The van der Waals surface area contributed by atoms with Gasteiger partial charge >= 0.3 is 0 Å². The Labute approximate surface area is 113 Å². The zero-order valence-electron chi connectivity index (χ0n) is 11.2. The molecule has 0 bridgehead atoms. The molecular weight excluding hydrogens is 238 g/mol. The van der Waals surface area contributed by atoms with E-state index in [9.17, 15) is 0 Å². The topological polar surface area (TPSA) is 50.0 Å². The first kappa shape index (κ1) is 13.0. The first-order valence-corrected chi connectivity index (χ1v) is 6.25. The van der Waals surface area contributed by atoms with Crippen LogP contribution >= 0.6 is 0 Å². The Morgan fingerprint density at radius 2 is 2.16 bits per heavy atom. The van der Waals surface area contributed by atoms with Crippen LogP contribution in [-0.4, -0.2) is 11.7 Å². The Hall–Kier alpha value is -2.41. The fraction of sp³-hybridized carbons (Fsp3) is 0.267. The van der Waals surface area contributed by atoms with Crippen LogP contribution in [0.4, 0.5) is 5.69 Å². The summed E-state index contributed by atoms with van der Waals surface area (Å²) in [5, 5.41) is 12.4. The molecule has 2 aromatic rings. The van der Waals surface area contributed by atoms with Gasteiger partial charge in [0.15, 0.2) is 0 Å². The molecular formula is C15H17N3O. The minimum absolute atomic E-state index is 0.592. The minimum atomic E-state index is 0.592. The summed E-state index contributed by atoms with van der Waals surface area (Å²) in [5.74, 6) is 0.689. The highest BCUT2D eigenvalue weighted by molar-refractivity contribution is 5.66. The number of rotatable bonds is 5. The predicted molar refractivity (Wildman–Crippen MR) is 75.1 cm³/mol. The van der Waals surface area contributed by atoms with Crippen LogP contribution in [0.25, 0.3) is 0 Å². The molecule has 98 valence electrons. The van der Waals surface area contributed by atoms with Crippen LogP contribution in [-0.2, 0) is 13.1 Å². The molecule has 0 amide bonds. The number of methoxy groups -OCH3 is 1. The number of nitriles is 1. The van der Waals surface area contributed by atoms with Crippen molar-refractivity contribution in [3.8, 4) is 11.8 Å². The zero-order valence-corrected chi connectivity index (χ0v) is 11.2. The highest BCUT2D eigenvalue weighted by Gasteiger charge is 2.09. The van der Waals surface area contributed by atoms with Gasteiger partial charge in [0.25, 0.3) is 0 Å². The quantitative estimate of drug-likeness (QED) is 0.893. The van der Waals surface area contributed by atoms with Crippen molar-refractivity contribution in [1.82, 2.24) is 4.57 Å². The van der Waals surface area contributed by atoms with E-state index in [1.165, 1.54) is 5.69 Å². The number of anilines is 1. The molecule has 0 saturated carbocycles. The van der Waals surface area contributed by atoms with Crippen molar-refractivity contribution in [2.75, 3.05) is 12.4 Å². The number of hydrogen-bond donors (Lipinski definition) is 1. The lowest BCUT2D eigenvalue weighted by Gasteiger charge is -2.13. The number of hydrogen-bond acceptors (Lipinski definition) is 3. The number of ether oxygens (including phenoxy) is 1. The third-order valence-corrected chi connectivity index (χ3v) is 3.08. The summed E-state index contributed by atoms with van der Waals surface area (Å²) >= 11 is 0. The largest absolute Gasteiger partial charge is 0.495 e. The summed E-state index contributed by atoms with van der Waals surface area (Å²) in [7, 11) is 1.61. The lowest BCUT2D eigenvalue weighted by atomic mass is 10.1. The predicted octanol–water partition coefficient (Wildman–Crippen LogP) is 3.00. The summed E-state index contributed by atoms with van der Waals surface area (Å²) < 4.78 is 7.46. The fourth-order valence-electron chi connectivity index (χ4n) is 2.07. The molecule has 0 spiro atoms. The molecule has 1 aromatic carbocycles. The molecule has 1 heterocycles. The van der Waals surface area contributed by atoms with E-state index in [1.54, 1.807) is 13.2 Å². The standard InChI is InChI=1S/C15H17N3O/c1-3-18-9-5-7-13(18)11-17-15-12(10-16)6-4-8-14(15)19-2/h4-9,17H,3,11H2,1-2H3. The summed E-state index contributed by atoms with van der Waals surface area (Å²) in [5.41, 5.74) is 2.52.